The highest BCUT2D eigenvalue weighted by Crippen LogP contribution is 2.12. The maximum Gasteiger partial charge on any atom is 0.0924 e. The Balaban J connectivity index is 2.23. The molecule has 1 atom stereocenters. The molecule has 0 radical (unpaired) electrons. The predicted octanol–water partition coefficient (Wildman–Crippen LogP) is 2.95. The van der Waals surface area contributed by atoms with Crippen molar-refractivity contribution < 1.29 is 0 Å². The lowest BCUT2D eigenvalue weighted by Gasteiger charge is -2.03. The van der Waals surface area contributed by atoms with Crippen LogP contribution in [-0.4, -0.2) is 10.9 Å². The number of aryl methyl sites for hydroxylation is 1. The summed E-state index contributed by atoms with van der Waals surface area (Å²) in [5, 5.41) is 3.24. The average molecular weight is 190 g/mol. The molecule has 0 aliphatic heterocycles. The van der Waals surface area contributed by atoms with Gasteiger partial charge in [0, 0.05) is 17.5 Å². The molecule has 1 rings (SSSR count). The van der Waals surface area contributed by atoms with E-state index in [1.165, 1.54) is 5.01 Å². The van der Waals surface area contributed by atoms with Crippen LogP contribution in [0.25, 0.3) is 0 Å². The fourth-order valence-corrected chi connectivity index (χ4v) is 1.61. The maximum absolute atomic E-state index is 5.68. The molecule has 0 aromatic carbocycles. The summed E-state index contributed by atoms with van der Waals surface area (Å²) >= 11 is 7.40. The van der Waals surface area contributed by atoms with E-state index in [-0.39, 0.29) is 0 Å². The predicted molar refractivity (Wildman–Crippen MR) is 50.3 cm³/mol. The van der Waals surface area contributed by atoms with E-state index >= 15 is 0 Å². The number of hydrogen-bond acceptors (Lipinski definition) is 2. The quantitative estimate of drug-likeness (QED) is 0.664. The molecule has 62 valence electrons. The molecule has 0 aliphatic carbocycles. The lowest BCUT2D eigenvalue weighted by molar-refractivity contribution is 0.592. The molecule has 0 bridgehead atoms. The van der Waals surface area contributed by atoms with Crippen molar-refractivity contribution >= 4 is 22.9 Å². The molecular formula is C8H12ClNS. The molecule has 0 fully saturated rings. The van der Waals surface area contributed by atoms with Crippen LogP contribution in [0.15, 0.2) is 11.6 Å². The minimum atomic E-state index is 0.612. The van der Waals surface area contributed by atoms with Gasteiger partial charge in [-0.15, -0.1) is 22.9 Å². The van der Waals surface area contributed by atoms with E-state index in [1.807, 2.05) is 11.6 Å². The summed E-state index contributed by atoms with van der Waals surface area (Å²) in [6.07, 6.45) is 4.08. The zero-order valence-electron chi connectivity index (χ0n) is 6.59. The highest BCUT2D eigenvalue weighted by atomic mass is 35.5. The van der Waals surface area contributed by atoms with Gasteiger partial charge in [0.15, 0.2) is 0 Å². The Kier molecular flexibility index (Phi) is 3.87. The van der Waals surface area contributed by atoms with Gasteiger partial charge in [-0.2, -0.15) is 0 Å². The van der Waals surface area contributed by atoms with Crippen molar-refractivity contribution in [2.24, 2.45) is 5.92 Å². The summed E-state index contributed by atoms with van der Waals surface area (Å²) in [6.45, 7) is 2.17. The summed E-state index contributed by atoms with van der Waals surface area (Å²) in [6, 6.07) is 0. The summed E-state index contributed by atoms with van der Waals surface area (Å²) in [5.74, 6) is 1.37. The van der Waals surface area contributed by atoms with Crippen molar-refractivity contribution in [3.63, 3.8) is 0 Å². The minimum Gasteiger partial charge on any atom is -0.250 e. The van der Waals surface area contributed by atoms with E-state index in [2.05, 4.69) is 11.9 Å². The van der Waals surface area contributed by atoms with Crippen LogP contribution in [0, 0.1) is 5.92 Å². The Labute approximate surface area is 76.4 Å². The summed E-state index contributed by atoms with van der Waals surface area (Å²) in [5.41, 5.74) is 0. The van der Waals surface area contributed by atoms with E-state index in [0.29, 0.717) is 5.92 Å². The largest absolute Gasteiger partial charge is 0.250 e. The van der Waals surface area contributed by atoms with Crippen molar-refractivity contribution in [3.8, 4) is 0 Å². The minimum absolute atomic E-state index is 0.612. The topological polar surface area (TPSA) is 12.9 Å². The monoisotopic (exact) mass is 189 g/mol. The highest BCUT2D eigenvalue weighted by Gasteiger charge is 2.01. The van der Waals surface area contributed by atoms with Crippen molar-refractivity contribution in [1.29, 1.82) is 0 Å². The van der Waals surface area contributed by atoms with E-state index in [1.54, 1.807) is 11.3 Å². The number of nitrogens with zero attached hydrogens (tertiary/aromatic N) is 1. The second-order valence-electron chi connectivity index (χ2n) is 2.72. The second kappa shape index (κ2) is 4.73. The van der Waals surface area contributed by atoms with E-state index in [4.69, 9.17) is 11.6 Å². The number of alkyl halides is 1. The molecule has 0 aliphatic rings. The summed E-state index contributed by atoms with van der Waals surface area (Å²) in [7, 11) is 0. The zero-order valence-corrected chi connectivity index (χ0v) is 8.16. The van der Waals surface area contributed by atoms with Gasteiger partial charge in [-0.05, 0) is 18.8 Å². The third-order valence-corrected chi connectivity index (χ3v) is 2.96. The smallest absolute Gasteiger partial charge is 0.0924 e. The van der Waals surface area contributed by atoms with Crippen LogP contribution < -0.4 is 0 Å². The molecule has 0 saturated heterocycles. The van der Waals surface area contributed by atoms with Gasteiger partial charge in [0.25, 0.3) is 0 Å². The van der Waals surface area contributed by atoms with Crippen LogP contribution in [-0.2, 0) is 6.42 Å². The number of thiazole rings is 1. The Bertz CT molecular complexity index is 186. The Hall–Kier alpha value is -0.0800. The number of halogens is 1. The molecule has 1 aromatic rings. The fourth-order valence-electron chi connectivity index (χ4n) is 0.823. The van der Waals surface area contributed by atoms with Gasteiger partial charge in [-0.1, -0.05) is 6.92 Å². The molecule has 0 amide bonds. The number of rotatable bonds is 4. The Morgan fingerprint density at radius 1 is 1.73 bits per heavy atom. The molecule has 3 heteroatoms. The second-order valence-corrected chi connectivity index (χ2v) is 4.01. The molecule has 0 spiro atoms. The molecule has 1 unspecified atom stereocenters. The fraction of sp³-hybridized carbons (Fsp3) is 0.625. The first-order chi connectivity index (χ1) is 5.33. The summed E-state index contributed by atoms with van der Waals surface area (Å²) < 4.78 is 0. The molecule has 11 heavy (non-hydrogen) atoms. The van der Waals surface area contributed by atoms with Gasteiger partial charge in [0.05, 0.1) is 5.01 Å². The molecule has 1 heterocycles. The first-order valence-corrected chi connectivity index (χ1v) is 5.18. The van der Waals surface area contributed by atoms with Gasteiger partial charge in [-0.3, -0.25) is 0 Å². The molecule has 0 saturated carbocycles. The van der Waals surface area contributed by atoms with Gasteiger partial charge < -0.3 is 0 Å². The van der Waals surface area contributed by atoms with Crippen molar-refractivity contribution in [2.75, 3.05) is 5.88 Å². The normalized spacial score (nSPS) is 13.3. The molecule has 1 aromatic heterocycles. The summed E-state index contributed by atoms with van der Waals surface area (Å²) in [4.78, 5) is 4.20. The molecule has 1 nitrogen and oxygen atoms in total. The number of aromatic nitrogens is 1. The Morgan fingerprint density at radius 2 is 2.55 bits per heavy atom. The molecular weight excluding hydrogens is 178 g/mol. The van der Waals surface area contributed by atoms with E-state index < -0.39 is 0 Å². The zero-order chi connectivity index (χ0) is 8.10. The van der Waals surface area contributed by atoms with Crippen molar-refractivity contribution in [2.45, 2.75) is 19.8 Å². The molecule has 0 N–H and O–H groups in total. The maximum atomic E-state index is 5.68. The van der Waals surface area contributed by atoms with Crippen LogP contribution in [0.2, 0.25) is 0 Å². The van der Waals surface area contributed by atoms with E-state index in [0.717, 1.165) is 18.7 Å². The van der Waals surface area contributed by atoms with Gasteiger partial charge in [0.1, 0.15) is 0 Å². The van der Waals surface area contributed by atoms with Crippen LogP contribution in [0.1, 0.15) is 18.4 Å². The SMILES string of the molecule is CC(CCl)CCc1nccs1. The first kappa shape index (κ1) is 9.01. The lowest BCUT2D eigenvalue weighted by Crippen LogP contribution is -1.97. The lowest BCUT2D eigenvalue weighted by atomic mass is 10.1. The van der Waals surface area contributed by atoms with E-state index in [9.17, 15) is 0 Å². The average Bonchev–Trinajstić information content (AvgIpc) is 2.52. The van der Waals surface area contributed by atoms with Gasteiger partial charge >= 0.3 is 0 Å². The van der Waals surface area contributed by atoms with Gasteiger partial charge in [0.2, 0.25) is 0 Å². The van der Waals surface area contributed by atoms with Crippen molar-refractivity contribution in [3.05, 3.63) is 16.6 Å². The first-order valence-electron chi connectivity index (χ1n) is 3.77. The third-order valence-electron chi connectivity index (χ3n) is 1.60. The number of hydrogen-bond donors (Lipinski definition) is 0. The van der Waals surface area contributed by atoms with Crippen molar-refractivity contribution in [1.82, 2.24) is 4.98 Å². The third kappa shape index (κ3) is 3.21. The van der Waals surface area contributed by atoms with Crippen LogP contribution >= 0.6 is 22.9 Å². The standard InChI is InChI=1S/C8H12ClNS/c1-7(6-9)2-3-8-10-4-5-11-8/h4-5,7H,2-3,6H2,1H3. The van der Waals surface area contributed by atoms with Crippen LogP contribution in [0.4, 0.5) is 0 Å². The van der Waals surface area contributed by atoms with Crippen LogP contribution in [0.3, 0.4) is 0 Å². The Morgan fingerprint density at radius 3 is 3.09 bits per heavy atom. The highest BCUT2D eigenvalue weighted by molar-refractivity contribution is 7.09. The van der Waals surface area contributed by atoms with Gasteiger partial charge in [-0.25, -0.2) is 4.98 Å². The van der Waals surface area contributed by atoms with Crippen LogP contribution in [0.5, 0.6) is 0 Å².